The van der Waals surface area contributed by atoms with Crippen LogP contribution in [0.4, 0.5) is 13.2 Å². The van der Waals surface area contributed by atoms with Crippen LogP contribution in [0.3, 0.4) is 0 Å². The van der Waals surface area contributed by atoms with Crippen molar-refractivity contribution in [1.29, 1.82) is 0 Å². The van der Waals surface area contributed by atoms with Crippen molar-refractivity contribution in [2.24, 2.45) is 0 Å². The van der Waals surface area contributed by atoms with Crippen LogP contribution in [0.15, 0.2) is 24.3 Å². The van der Waals surface area contributed by atoms with E-state index < -0.39 is 11.9 Å². The van der Waals surface area contributed by atoms with E-state index in [9.17, 15) is 13.2 Å². The summed E-state index contributed by atoms with van der Waals surface area (Å²) in [5.74, 6) is 0. The van der Waals surface area contributed by atoms with Gasteiger partial charge in [-0.25, -0.2) is 4.68 Å². The molecule has 0 unspecified atom stereocenters. The fourth-order valence-electron chi connectivity index (χ4n) is 1.77. The highest BCUT2D eigenvalue weighted by Crippen LogP contribution is 2.33. The second-order valence-electron chi connectivity index (χ2n) is 4.41. The third kappa shape index (κ3) is 2.92. The van der Waals surface area contributed by atoms with Crippen LogP contribution in [0.25, 0.3) is 0 Å². The van der Waals surface area contributed by atoms with Gasteiger partial charge in [0.25, 0.3) is 0 Å². The Kier molecular flexibility index (Phi) is 3.58. The Morgan fingerprint density at radius 2 is 1.74 bits per heavy atom. The van der Waals surface area contributed by atoms with Gasteiger partial charge in [-0.1, -0.05) is 41.4 Å². The number of aromatic nitrogens is 2. The zero-order chi connectivity index (χ0) is 14.2. The Bertz CT molecular complexity index is 585. The molecule has 0 spiro atoms. The van der Waals surface area contributed by atoms with E-state index in [1.807, 2.05) is 31.2 Å². The van der Waals surface area contributed by atoms with Gasteiger partial charge in [0.15, 0.2) is 5.69 Å². The Hall–Kier alpha value is -1.49. The maximum atomic E-state index is 12.7. The van der Waals surface area contributed by atoms with Gasteiger partial charge in [-0.15, -0.1) is 0 Å². The largest absolute Gasteiger partial charge is 0.435 e. The topological polar surface area (TPSA) is 17.8 Å². The minimum Gasteiger partial charge on any atom is -0.249 e. The van der Waals surface area contributed by atoms with Gasteiger partial charge in [0.2, 0.25) is 0 Å². The maximum absolute atomic E-state index is 12.7. The normalized spacial score (nSPS) is 11.9. The number of aryl methyl sites for hydroxylation is 1. The summed E-state index contributed by atoms with van der Waals surface area (Å²) in [4.78, 5) is 0. The lowest BCUT2D eigenvalue weighted by atomic mass is 10.1. The molecule has 0 amide bonds. The summed E-state index contributed by atoms with van der Waals surface area (Å²) in [5.41, 5.74) is 0.970. The lowest BCUT2D eigenvalue weighted by molar-refractivity contribution is -0.141. The van der Waals surface area contributed by atoms with Crippen molar-refractivity contribution >= 4 is 11.6 Å². The van der Waals surface area contributed by atoms with Gasteiger partial charge < -0.3 is 0 Å². The van der Waals surface area contributed by atoms with Crippen LogP contribution >= 0.6 is 11.6 Å². The highest BCUT2D eigenvalue weighted by atomic mass is 35.5. The van der Waals surface area contributed by atoms with Crippen molar-refractivity contribution in [2.75, 3.05) is 0 Å². The summed E-state index contributed by atoms with van der Waals surface area (Å²) in [6.45, 7) is 3.48. The molecule has 6 heteroatoms. The molecule has 102 valence electrons. The Balaban J connectivity index is 2.34. The maximum Gasteiger partial charge on any atom is 0.435 e. The summed E-state index contributed by atoms with van der Waals surface area (Å²) >= 11 is 5.90. The quantitative estimate of drug-likeness (QED) is 0.809. The molecule has 0 N–H and O–H groups in total. The fourth-order valence-corrected chi connectivity index (χ4v) is 1.96. The van der Waals surface area contributed by atoms with E-state index in [1.165, 1.54) is 11.6 Å². The van der Waals surface area contributed by atoms with E-state index >= 15 is 0 Å². The van der Waals surface area contributed by atoms with Crippen molar-refractivity contribution in [2.45, 2.75) is 26.6 Å². The van der Waals surface area contributed by atoms with Crippen molar-refractivity contribution in [1.82, 2.24) is 9.78 Å². The van der Waals surface area contributed by atoms with Gasteiger partial charge in [-0.3, -0.25) is 0 Å². The molecular formula is C13H12ClF3N2. The summed E-state index contributed by atoms with van der Waals surface area (Å²) in [5, 5.41) is 3.58. The lowest BCUT2D eigenvalue weighted by Gasteiger charge is -2.04. The average Bonchev–Trinajstić information content (AvgIpc) is 2.60. The van der Waals surface area contributed by atoms with Crippen molar-refractivity contribution < 1.29 is 13.2 Å². The second kappa shape index (κ2) is 4.89. The van der Waals surface area contributed by atoms with Gasteiger partial charge in [0.1, 0.15) is 5.15 Å². The van der Waals surface area contributed by atoms with Gasteiger partial charge in [0, 0.05) is 5.56 Å². The van der Waals surface area contributed by atoms with Gasteiger partial charge in [0.05, 0.1) is 6.54 Å². The summed E-state index contributed by atoms with van der Waals surface area (Å²) < 4.78 is 39.3. The standard InChI is InChI=1S/C13H12ClF3N2/c1-8-3-5-10(6-4-8)7-19-12(14)9(2)11(18-19)13(15,16)17/h3-6H,7H2,1-2H3. The molecule has 0 atom stereocenters. The van der Waals surface area contributed by atoms with Crippen LogP contribution in [-0.4, -0.2) is 9.78 Å². The molecule has 1 heterocycles. The molecule has 0 saturated heterocycles. The molecule has 0 radical (unpaired) electrons. The van der Waals surface area contributed by atoms with Gasteiger partial charge in [-0.05, 0) is 19.4 Å². The van der Waals surface area contributed by atoms with E-state index in [0.717, 1.165) is 11.1 Å². The molecule has 19 heavy (non-hydrogen) atoms. The molecule has 0 aliphatic heterocycles. The van der Waals surface area contributed by atoms with Crippen molar-refractivity contribution in [3.8, 4) is 0 Å². The number of alkyl halides is 3. The third-order valence-electron chi connectivity index (χ3n) is 2.83. The van der Waals surface area contributed by atoms with Crippen LogP contribution in [0.2, 0.25) is 5.15 Å². The van der Waals surface area contributed by atoms with Crippen LogP contribution in [0.1, 0.15) is 22.4 Å². The second-order valence-corrected chi connectivity index (χ2v) is 4.76. The number of rotatable bonds is 2. The monoisotopic (exact) mass is 288 g/mol. The first-order chi connectivity index (χ1) is 8.79. The number of benzene rings is 1. The zero-order valence-corrected chi connectivity index (χ0v) is 11.2. The van der Waals surface area contributed by atoms with E-state index in [4.69, 9.17) is 11.6 Å². The highest BCUT2D eigenvalue weighted by molar-refractivity contribution is 6.30. The molecule has 2 nitrogen and oxygen atoms in total. The SMILES string of the molecule is Cc1ccc(Cn2nc(C(F)(F)F)c(C)c2Cl)cc1. The molecule has 0 aliphatic rings. The van der Waals surface area contributed by atoms with Crippen LogP contribution in [0, 0.1) is 13.8 Å². The first-order valence-corrected chi connectivity index (χ1v) is 6.02. The summed E-state index contributed by atoms with van der Waals surface area (Å²) in [7, 11) is 0. The van der Waals surface area contributed by atoms with Crippen molar-refractivity contribution in [3.63, 3.8) is 0 Å². The highest BCUT2D eigenvalue weighted by Gasteiger charge is 2.37. The molecule has 2 rings (SSSR count). The molecule has 0 aliphatic carbocycles. The molecule has 1 aromatic heterocycles. The van der Waals surface area contributed by atoms with Gasteiger partial charge >= 0.3 is 6.18 Å². The van der Waals surface area contributed by atoms with Crippen molar-refractivity contribution in [3.05, 3.63) is 51.8 Å². The Morgan fingerprint density at radius 1 is 1.16 bits per heavy atom. The minimum atomic E-state index is -4.48. The first-order valence-electron chi connectivity index (χ1n) is 5.64. The smallest absolute Gasteiger partial charge is 0.249 e. The summed E-state index contributed by atoms with van der Waals surface area (Å²) in [6, 6.07) is 7.47. The zero-order valence-electron chi connectivity index (χ0n) is 10.4. The van der Waals surface area contributed by atoms with E-state index in [0.29, 0.717) is 0 Å². The predicted molar refractivity (Wildman–Crippen MR) is 67.3 cm³/mol. The van der Waals surface area contributed by atoms with E-state index in [-0.39, 0.29) is 17.3 Å². The molecule has 2 aromatic rings. The minimum absolute atomic E-state index is 0.0212. The molecular weight excluding hydrogens is 277 g/mol. The average molecular weight is 289 g/mol. The molecule has 0 fully saturated rings. The van der Waals surface area contributed by atoms with Crippen LogP contribution in [-0.2, 0) is 12.7 Å². The van der Waals surface area contributed by atoms with E-state index in [1.54, 1.807) is 0 Å². The Labute approximate surface area is 113 Å². The predicted octanol–water partition coefficient (Wildman–Crippen LogP) is 4.22. The lowest BCUT2D eigenvalue weighted by Crippen LogP contribution is -2.09. The van der Waals surface area contributed by atoms with Crippen LogP contribution < -0.4 is 0 Å². The number of hydrogen-bond donors (Lipinski definition) is 0. The Morgan fingerprint density at radius 3 is 2.21 bits per heavy atom. The molecule has 1 aromatic carbocycles. The molecule has 0 bridgehead atoms. The third-order valence-corrected chi connectivity index (χ3v) is 3.31. The number of halogens is 4. The van der Waals surface area contributed by atoms with Crippen LogP contribution in [0.5, 0.6) is 0 Å². The molecule has 0 saturated carbocycles. The van der Waals surface area contributed by atoms with E-state index in [2.05, 4.69) is 5.10 Å². The summed E-state index contributed by atoms with van der Waals surface area (Å²) in [6.07, 6.45) is -4.48. The van der Waals surface area contributed by atoms with Gasteiger partial charge in [-0.2, -0.15) is 18.3 Å². The fraction of sp³-hybridized carbons (Fsp3) is 0.308. The first kappa shape index (κ1) is 13.9. The number of hydrogen-bond acceptors (Lipinski definition) is 1. The number of nitrogens with zero attached hydrogens (tertiary/aromatic N) is 2.